The van der Waals surface area contributed by atoms with Gasteiger partial charge in [-0.15, -0.1) is 10.2 Å². The summed E-state index contributed by atoms with van der Waals surface area (Å²) >= 11 is 10.8. The van der Waals surface area contributed by atoms with Gasteiger partial charge in [-0.1, -0.05) is 63.6 Å². The molecule has 0 amide bonds. The summed E-state index contributed by atoms with van der Waals surface area (Å²) in [5, 5.41) is 11.3. The van der Waals surface area contributed by atoms with Crippen LogP contribution in [-0.4, -0.2) is 19.7 Å². The van der Waals surface area contributed by atoms with Crippen molar-refractivity contribution in [3.8, 4) is 17.1 Å². The maximum atomic E-state index is 14.3. The summed E-state index contributed by atoms with van der Waals surface area (Å²) in [6, 6.07) is 20.6. The average Bonchev–Trinajstić information content (AvgIpc) is 3.38. The first-order valence-electron chi connectivity index (χ1n) is 9.45. The van der Waals surface area contributed by atoms with Gasteiger partial charge in [-0.05, 0) is 48.0 Å². The highest BCUT2D eigenvalue weighted by molar-refractivity contribution is 9.10. The number of hydrogen-bond acceptors (Lipinski definition) is 3. The van der Waals surface area contributed by atoms with Gasteiger partial charge in [0, 0.05) is 43.6 Å². The lowest BCUT2D eigenvalue weighted by Gasteiger charge is -2.10. The van der Waals surface area contributed by atoms with E-state index in [1.807, 2.05) is 65.4 Å². The second kappa shape index (κ2) is 8.49. The van der Waals surface area contributed by atoms with Gasteiger partial charge in [0.2, 0.25) is 0 Å². The van der Waals surface area contributed by atoms with Crippen LogP contribution in [0.3, 0.4) is 0 Å². The molecule has 0 spiro atoms. The molecule has 1 N–H and O–H groups in total. The number of nitrogens with zero attached hydrogens (tertiary/aromatic N) is 3. The van der Waals surface area contributed by atoms with E-state index in [4.69, 9.17) is 11.6 Å². The van der Waals surface area contributed by atoms with Crippen molar-refractivity contribution in [2.24, 2.45) is 0 Å². The molecule has 4 nitrogen and oxygen atoms in total. The van der Waals surface area contributed by atoms with E-state index in [-0.39, 0.29) is 5.82 Å². The smallest absolute Gasteiger partial charge is 0.196 e. The molecule has 0 aliphatic heterocycles. The number of thioether (sulfide) groups is 1. The molecule has 0 saturated heterocycles. The molecular weight excluding hydrogens is 499 g/mol. The Morgan fingerprint density at radius 1 is 1.03 bits per heavy atom. The summed E-state index contributed by atoms with van der Waals surface area (Å²) < 4.78 is 17.0. The van der Waals surface area contributed by atoms with Crippen molar-refractivity contribution < 1.29 is 4.39 Å². The number of para-hydroxylation sites is 1. The second-order valence-corrected chi connectivity index (χ2v) is 9.18. The largest absolute Gasteiger partial charge is 0.360 e. The highest BCUT2D eigenvalue weighted by Gasteiger charge is 2.19. The zero-order valence-corrected chi connectivity index (χ0v) is 19.2. The van der Waals surface area contributed by atoms with Crippen molar-refractivity contribution in [1.29, 1.82) is 0 Å². The SMILES string of the molecule is Fc1cc(Br)ccc1CSc1nnc(-c2c[nH]c3ccccc23)n1-c1ccc(Cl)cc1. The Bertz CT molecular complexity index is 1380. The Morgan fingerprint density at radius 2 is 1.84 bits per heavy atom. The van der Waals surface area contributed by atoms with Gasteiger partial charge in [0.1, 0.15) is 5.82 Å². The Balaban J connectivity index is 1.59. The number of benzene rings is 3. The van der Waals surface area contributed by atoms with Crippen molar-refractivity contribution in [2.75, 3.05) is 0 Å². The van der Waals surface area contributed by atoms with Gasteiger partial charge in [-0.3, -0.25) is 4.57 Å². The molecule has 0 aliphatic rings. The molecule has 0 saturated carbocycles. The first-order valence-corrected chi connectivity index (χ1v) is 11.6. The Hall–Kier alpha value is -2.61. The van der Waals surface area contributed by atoms with Gasteiger partial charge in [-0.2, -0.15) is 0 Å². The minimum absolute atomic E-state index is 0.253. The molecular formula is C23H15BrClFN4S. The number of aromatic amines is 1. The molecule has 0 unspecified atom stereocenters. The van der Waals surface area contributed by atoms with Gasteiger partial charge in [-0.25, -0.2) is 4.39 Å². The van der Waals surface area contributed by atoms with Crippen LogP contribution in [0.25, 0.3) is 28.0 Å². The Kier molecular flexibility index (Phi) is 5.56. The van der Waals surface area contributed by atoms with E-state index < -0.39 is 0 Å². The van der Waals surface area contributed by atoms with E-state index in [2.05, 4.69) is 31.1 Å². The third-order valence-corrected chi connectivity index (χ3v) is 6.64. The van der Waals surface area contributed by atoms with E-state index in [1.165, 1.54) is 17.8 Å². The standard InChI is InChI=1S/C23H15BrClFN4S/c24-15-6-5-14(20(26)11-15)13-31-23-29-28-22(30(23)17-9-7-16(25)8-10-17)19-12-27-21-4-2-1-3-18(19)21/h1-12,27H,13H2. The Labute approximate surface area is 195 Å². The van der Waals surface area contributed by atoms with Crippen molar-refractivity contribution in [1.82, 2.24) is 19.7 Å². The molecule has 3 aromatic carbocycles. The quantitative estimate of drug-likeness (QED) is 0.252. The molecule has 2 heterocycles. The van der Waals surface area contributed by atoms with Crippen LogP contribution in [0.2, 0.25) is 5.02 Å². The Morgan fingerprint density at radius 3 is 2.65 bits per heavy atom. The predicted molar refractivity (Wildman–Crippen MR) is 127 cm³/mol. The van der Waals surface area contributed by atoms with E-state index >= 15 is 0 Å². The van der Waals surface area contributed by atoms with E-state index in [1.54, 1.807) is 6.07 Å². The fourth-order valence-electron chi connectivity index (χ4n) is 3.40. The third kappa shape index (κ3) is 4.01. The molecule has 8 heteroatoms. The van der Waals surface area contributed by atoms with Crippen LogP contribution in [0.1, 0.15) is 5.56 Å². The summed E-state index contributed by atoms with van der Waals surface area (Å²) in [5.41, 5.74) is 3.45. The number of aromatic nitrogens is 4. The zero-order chi connectivity index (χ0) is 21.4. The number of fused-ring (bicyclic) bond motifs is 1. The van der Waals surface area contributed by atoms with Crippen LogP contribution < -0.4 is 0 Å². The number of H-pyrrole nitrogens is 1. The third-order valence-electron chi connectivity index (χ3n) is 4.92. The molecule has 5 rings (SSSR count). The predicted octanol–water partition coefficient (Wildman–Crippen LogP) is 7.26. The maximum absolute atomic E-state index is 14.3. The average molecular weight is 514 g/mol. The van der Waals surface area contributed by atoms with Crippen molar-refractivity contribution in [3.63, 3.8) is 0 Å². The van der Waals surface area contributed by atoms with Gasteiger partial charge in [0.15, 0.2) is 11.0 Å². The van der Waals surface area contributed by atoms with Gasteiger partial charge >= 0.3 is 0 Å². The monoisotopic (exact) mass is 512 g/mol. The lowest BCUT2D eigenvalue weighted by molar-refractivity contribution is 0.616. The molecule has 0 atom stereocenters. The highest BCUT2D eigenvalue weighted by atomic mass is 79.9. The van der Waals surface area contributed by atoms with Crippen LogP contribution in [0, 0.1) is 5.82 Å². The van der Waals surface area contributed by atoms with Gasteiger partial charge < -0.3 is 4.98 Å². The number of rotatable bonds is 5. The van der Waals surface area contributed by atoms with E-state index in [0.29, 0.717) is 31.8 Å². The number of halogens is 3. The minimum atomic E-state index is -0.253. The minimum Gasteiger partial charge on any atom is -0.360 e. The summed E-state index contributed by atoms with van der Waals surface area (Å²) in [6.45, 7) is 0. The van der Waals surface area contributed by atoms with Crippen LogP contribution in [0.4, 0.5) is 4.39 Å². The van der Waals surface area contributed by atoms with Crippen molar-refractivity contribution in [2.45, 2.75) is 10.9 Å². The normalized spacial score (nSPS) is 11.3. The van der Waals surface area contributed by atoms with Crippen molar-refractivity contribution >= 4 is 50.2 Å². The lowest BCUT2D eigenvalue weighted by atomic mass is 10.1. The molecule has 154 valence electrons. The summed E-state index contributed by atoms with van der Waals surface area (Å²) in [7, 11) is 0. The molecule has 31 heavy (non-hydrogen) atoms. The van der Waals surface area contributed by atoms with Crippen LogP contribution in [-0.2, 0) is 5.75 Å². The van der Waals surface area contributed by atoms with E-state index in [0.717, 1.165) is 22.2 Å². The molecule has 0 radical (unpaired) electrons. The first kappa shape index (κ1) is 20.3. The topological polar surface area (TPSA) is 46.5 Å². The fraction of sp³-hybridized carbons (Fsp3) is 0.0435. The molecule has 0 fully saturated rings. The van der Waals surface area contributed by atoms with Crippen LogP contribution in [0.5, 0.6) is 0 Å². The van der Waals surface area contributed by atoms with Gasteiger partial charge in [0.25, 0.3) is 0 Å². The maximum Gasteiger partial charge on any atom is 0.196 e. The first-order chi connectivity index (χ1) is 15.1. The fourth-order valence-corrected chi connectivity index (χ4v) is 4.80. The summed E-state index contributed by atoms with van der Waals surface area (Å²) in [6.07, 6.45) is 1.93. The lowest BCUT2D eigenvalue weighted by Crippen LogP contribution is -2.00. The molecule has 2 aromatic heterocycles. The zero-order valence-electron chi connectivity index (χ0n) is 16.0. The summed E-state index contributed by atoms with van der Waals surface area (Å²) in [4.78, 5) is 3.29. The molecule has 5 aromatic rings. The number of nitrogens with one attached hydrogen (secondary N) is 1. The second-order valence-electron chi connectivity index (χ2n) is 6.89. The molecule has 0 aliphatic carbocycles. The number of hydrogen-bond donors (Lipinski definition) is 1. The highest BCUT2D eigenvalue weighted by Crippen LogP contribution is 2.34. The van der Waals surface area contributed by atoms with Crippen LogP contribution >= 0.6 is 39.3 Å². The molecule has 0 bridgehead atoms. The van der Waals surface area contributed by atoms with Crippen molar-refractivity contribution in [3.05, 3.63) is 93.8 Å². The van der Waals surface area contributed by atoms with E-state index in [9.17, 15) is 4.39 Å². The van der Waals surface area contributed by atoms with Crippen LogP contribution in [0.15, 0.2) is 82.6 Å². The van der Waals surface area contributed by atoms with Gasteiger partial charge in [0.05, 0.1) is 0 Å². The summed E-state index contributed by atoms with van der Waals surface area (Å²) in [5.74, 6) is 0.883.